The van der Waals surface area contributed by atoms with E-state index < -0.39 is 0 Å². The minimum atomic E-state index is -0.380. The standard InChI is InChI=1S/C13H13FN6OS/c1-7(22-13-19-15-6-20(13)2)12(21)16-11-9-4-3-8(14)5-10(9)17-18-11/h3-7H,1-2H3,(H2,16,17,18,21). The summed E-state index contributed by atoms with van der Waals surface area (Å²) in [6, 6.07) is 4.23. The maximum atomic E-state index is 13.1. The Hall–Kier alpha value is -2.42. The van der Waals surface area contributed by atoms with Crippen molar-refractivity contribution in [3.05, 3.63) is 30.3 Å². The summed E-state index contributed by atoms with van der Waals surface area (Å²) in [5.41, 5.74) is 0.531. The molecule has 0 aliphatic rings. The molecule has 3 rings (SSSR count). The predicted molar refractivity (Wildman–Crippen MR) is 81.0 cm³/mol. The molecule has 0 radical (unpaired) electrons. The number of fused-ring (bicyclic) bond motifs is 1. The van der Waals surface area contributed by atoms with Gasteiger partial charge in [0.05, 0.1) is 10.8 Å². The van der Waals surface area contributed by atoms with Gasteiger partial charge in [0, 0.05) is 12.4 Å². The van der Waals surface area contributed by atoms with Crippen LogP contribution in [0.4, 0.5) is 10.2 Å². The Morgan fingerprint density at radius 1 is 1.50 bits per heavy atom. The Morgan fingerprint density at radius 3 is 3.05 bits per heavy atom. The Morgan fingerprint density at radius 2 is 2.32 bits per heavy atom. The first kappa shape index (κ1) is 14.5. The molecule has 2 N–H and O–H groups in total. The molecule has 0 bridgehead atoms. The Labute approximate surface area is 129 Å². The van der Waals surface area contributed by atoms with Gasteiger partial charge in [0.2, 0.25) is 5.91 Å². The molecule has 22 heavy (non-hydrogen) atoms. The van der Waals surface area contributed by atoms with Gasteiger partial charge in [0.1, 0.15) is 12.1 Å². The Bertz CT molecular complexity index is 829. The van der Waals surface area contributed by atoms with Gasteiger partial charge in [0.15, 0.2) is 11.0 Å². The van der Waals surface area contributed by atoms with Crippen molar-refractivity contribution in [2.45, 2.75) is 17.3 Å². The monoisotopic (exact) mass is 320 g/mol. The number of anilines is 1. The highest BCUT2D eigenvalue weighted by molar-refractivity contribution is 8.00. The largest absolute Gasteiger partial charge is 0.312 e. The van der Waals surface area contributed by atoms with Gasteiger partial charge in [-0.1, -0.05) is 11.8 Å². The molecule has 3 aromatic rings. The number of carbonyl (C=O) groups is 1. The van der Waals surface area contributed by atoms with Crippen LogP contribution < -0.4 is 5.32 Å². The van der Waals surface area contributed by atoms with E-state index in [9.17, 15) is 9.18 Å². The Kier molecular flexibility index (Phi) is 3.80. The third-order valence-corrected chi connectivity index (χ3v) is 4.24. The van der Waals surface area contributed by atoms with Crippen LogP contribution in [-0.4, -0.2) is 36.1 Å². The minimum Gasteiger partial charge on any atom is -0.312 e. The quantitative estimate of drug-likeness (QED) is 0.717. The third kappa shape index (κ3) is 2.80. The van der Waals surface area contributed by atoms with Crippen LogP contribution >= 0.6 is 11.8 Å². The first-order chi connectivity index (χ1) is 10.5. The molecule has 0 aliphatic heterocycles. The van der Waals surface area contributed by atoms with Gasteiger partial charge in [0.25, 0.3) is 0 Å². The smallest absolute Gasteiger partial charge is 0.238 e. The topological polar surface area (TPSA) is 88.5 Å². The maximum Gasteiger partial charge on any atom is 0.238 e. The number of carbonyl (C=O) groups excluding carboxylic acids is 1. The number of amides is 1. The fourth-order valence-corrected chi connectivity index (χ4v) is 2.69. The van der Waals surface area contributed by atoms with Crippen LogP contribution in [0.5, 0.6) is 0 Å². The first-order valence-electron chi connectivity index (χ1n) is 6.50. The highest BCUT2D eigenvalue weighted by Crippen LogP contribution is 2.24. The van der Waals surface area contributed by atoms with Crippen molar-refractivity contribution >= 4 is 34.4 Å². The summed E-state index contributed by atoms with van der Waals surface area (Å²) in [7, 11) is 1.81. The Balaban J connectivity index is 1.74. The number of H-pyrrole nitrogens is 1. The van der Waals surface area contributed by atoms with E-state index in [4.69, 9.17) is 0 Å². The molecular weight excluding hydrogens is 307 g/mol. The second kappa shape index (κ2) is 5.76. The highest BCUT2D eigenvalue weighted by Gasteiger charge is 2.19. The van der Waals surface area contributed by atoms with E-state index in [-0.39, 0.29) is 17.0 Å². The molecule has 0 saturated carbocycles. The highest BCUT2D eigenvalue weighted by atomic mass is 32.2. The van der Waals surface area contributed by atoms with Gasteiger partial charge in [-0.25, -0.2) is 4.39 Å². The summed E-state index contributed by atoms with van der Waals surface area (Å²) in [5, 5.41) is 18.1. The lowest BCUT2D eigenvalue weighted by atomic mass is 10.2. The molecule has 1 unspecified atom stereocenters. The van der Waals surface area contributed by atoms with Gasteiger partial charge in [-0.3, -0.25) is 9.89 Å². The lowest BCUT2D eigenvalue weighted by Gasteiger charge is -2.09. The maximum absolute atomic E-state index is 13.1. The molecule has 0 saturated heterocycles. The second-order valence-electron chi connectivity index (χ2n) is 4.74. The summed E-state index contributed by atoms with van der Waals surface area (Å²) < 4.78 is 14.9. The molecule has 0 spiro atoms. The van der Waals surface area contributed by atoms with E-state index in [1.165, 1.54) is 23.9 Å². The van der Waals surface area contributed by atoms with Crippen molar-refractivity contribution in [3.63, 3.8) is 0 Å². The molecular formula is C13H13FN6OS. The van der Waals surface area contributed by atoms with Crippen LogP contribution in [0, 0.1) is 5.82 Å². The number of nitrogens with one attached hydrogen (secondary N) is 2. The lowest BCUT2D eigenvalue weighted by Crippen LogP contribution is -2.23. The molecule has 1 atom stereocenters. The first-order valence-corrected chi connectivity index (χ1v) is 7.37. The van der Waals surface area contributed by atoms with Gasteiger partial charge >= 0.3 is 0 Å². The summed E-state index contributed by atoms with van der Waals surface area (Å²) in [6.45, 7) is 1.77. The number of aromatic nitrogens is 5. The molecule has 2 heterocycles. The van der Waals surface area contributed by atoms with Crippen LogP contribution in [-0.2, 0) is 11.8 Å². The van der Waals surface area contributed by atoms with Crippen molar-refractivity contribution in [3.8, 4) is 0 Å². The van der Waals surface area contributed by atoms with Gasteiger partial charge in [-0.15, -0.1) is 10.2 Å². The van der Waals surface area contributed by atoms with E-state index in [2.05, 4.69) is 25.7 Å². The fourth-order valence-electron chi connectivity index (χ4n) is 1.90. The van der Waals surface area contributed by atoms with E-state index in [1.54, 1.807) is 23.9 Å². The number of thioether (sulfide) groups is 1. The van der Waals surface area contributed by atoms with Gasteiger partial charge < -0.3 is 9.88 Å². The van der Waals surface area contributed by atoms with E-state index >= 15 is 0 Å². The molecule has 0 aliphatic carbocycles. The summed E-state index contributed by atoms with van der Waals surface area (Å²) >= 11 is 1.29. The average molecular weight is 320 g/mol. The number of aryl methyl sites for hydroxylation is 1. The minimum absolute atomic E-state index is 0.217. The number of hydrogen-bond acceptors (Lipinski definition) is 5. The molecule has 114 valence electrons. The summed E-state index contributed by atoms with van der Waals surface area (Å²) in [5.74, 6) is -0.198. The number of rotatable bonds is 4. The summed E-state index contributed by atoms with van der Waals surface area (Å²) in [6.07, 6.45) is 1.57. The normalized spacial score (nSPS) is 12.5. The second-order valence-corrected chi connectivity index (χ2v) is 6.04. The van der Waals surface area contributed by atoms with Gasteiger partial charge in [-0.2, -0.15) is 5.10 Å². The number of nitrogens with zero attached hydrogens (tertiary/aromatic N) is 4. The summed E-state index contributed by atoms with van der Waals surface area (Å²) in [4.78, 5) is 12.2. The van der Waals surface area contributed by atoms with Crippen molar-refractivity contribution in [2.24, 2.45) is 7.05 Å². The molecule has 1 amide bonds. The van der Waals surface area contributed by atoms with Crippen molar-refractivity contribution in [1.29, 1.82) is 0 Å². The van der Waals surface area contributed by atoms with Crippen LogP contribution in [0.2, 0.25) is 0 Å². The van der Waals surface area contributed by atoms with Crippen molar-refractivity contribution < 1.29 is 9.18 Å². The van der Waals surface area contributed by atoms with E-state index in [0.29, 0.717) is 21.9 Å². The molecule has 1 aromatic carbocycles. The zero-order chi connectivity index (χ0) is 15.7. The number of halogens is 1. The fraction of sp³-hybridized carbons (Fsp3) is 0.231. The van der Waals surface area contributed by atoms with E-state index in [0.717, 1.165) is 0 Å². The van der Waals surface area contributed by atoms with Crippen molar-refractivity contribution in [1.82, 2.24) is 25.0 Å². The third-order valence-electron chi connectivity index (χ3n) is 3.09. The molecule has 2 aromatic heterocycles. The SMILES string of the molecule is CC(Sc1nncn1C)C(=O)Nc1n[nH]c2cc(F)ccc12. The number of benzene rings is 1. The average Bonchev–Trinajstić information content (AvgIpc) is 3.06. The molecule has 9 heteroatoms. The zero-order valence-corrected chi connectivity index (χ0v) is 12.7. The number of aromatic amines is 1. The van der Waals surface area contributed by atoms with Crippen LogP contribution in [0.1, 0.15) is 6.92 Å². The zero-order valence-electron chi connectivity index (χ0n) is 11.9. The number of hydrogen-bond donors (Lipinski definition) is 2. The van der Waals surface area contributed by atoms with Gasteiger partial charge in [-0.05, 0) is 25.1 Å². The van der Waals surface area contributed by atoms with Crippen LogP contribution in [0.3, 0.4) is 0 Å². The molecule has 0 fully saturated rings. The van der Waals surface area contributed by atoms with Crippen LogP contribution in [0.25, 0.3) is 10.9 Å². The molecule has 7 nitrogen and oxygen atoms in total. The predicted octanol–water partition coefficient (Wildman–Crippen LogP) is 1.95. The van der Waals surface area contributed by atoms with Crippen molar-refractivity contribution in [2.75, 3.05) is 5.32 Å². The lowest BCUT2D eigenvalue weighted by molar-refractivity contribution is -0.115. The van der Waals surface area contributed by atoms with E-state index in [1.807, 2.05) is 7.05 Å². The van der Waals surface area contributed by atoms with Crippen LogP contribution in [0.15, 0.2) is 29.7 Å².